The van der Waals surface area contributed by atoms with Crippen LogP contribution in [0.2, 0.25) is 0 Å². The summed E-state index contributed by atoms with van der Waals surface area (Å²) in [6.07, 6.45) is -0.0132. The van der Waals surface area contributed by atoms with E-state index in [1.807, 2.05) is 36.0 Å². The van der Waals surface area contributed by atoms with Crippen molar-refractivity contribution in [3.8, 4) is 5.75 Å². The highest BCUT2D eigenvalue weighted by molar-refractivity contribution is 8.00. The molecule has 0 radical (unpaired) electrons. The number of aliphatic hydroxyl groups excluding tert-OH is 1. The van der Waals surface area contributed by atoms with Crippen LogP contribution in [0.25, 0.3) is 0 Å². The van der Waals surface area contributed by atoms with Crippen molar-refractivity contribution < 1.29 is 9.84 Å². The predicted molar refractivity (Wildman–Crippen MR) is 58.8 cm³/mol. The first-order valence-electron chi connectivity index (χ1n) is 4.78. The first-order chi connectivity index (χ1) is 6.75. The monoisotopic (exact) mass is 210 g/mol. The molecule has 3 heteroatoms. The first kappa shape index (κ1) is 9.87. The number of hydrogen-bond donors (Lipinski definition) is 1. The number of benzene rings is 1. The summed E-state index contributed by atoms with van der Waals surface area (Å²) in [6.45, 7) is 1.76. The molecule has 1 fully saturated rings. The number of aliphatic hydroxyl groups is 1. The lowest BCUT2D eigenvalue weighted by Gasteiger charge is -2.25. The van der Waals surface area contributed by atoms with Crippen LogP contribution in [0.5, 0.6) is 5.75 Å². The van der Waals surface area contributed by atoms with Crippen LogP contribution in [0, 0.1) is 0 Å². The van der Waals surface area contributed by atoms with Gasteiger partial charge in [0.2, 0.25) is 0 Å². The van der Waals surface area contributed by atoms with Crippen molar-refractivity contribution in [2.24, 2.45) is 0 Å². The van der Waals surface area contributed by atoms with Gasteiger partial charge in [-0.1, -0.05) is 12.1 Å². The van der Waals surface area contributed by atoms with Crippen LogP contribution < -0.4 is 4.74 Å². The third-order valence-electron chi connectivity index (χ3n) is 2.27. The molecule has 1 aliphatic heterocycles. The number of thioether (sulfide) groups is 1. The van der Waals surface area contributed by atoms with Gasteiger partial charge in [-0.3, -0.25) is 0 Å². The van der Waals surface area contributed by atoms with Crippen LogP contribution >= 0.6 is 11.8 Å². The van der Waals surface area contributed by atoms with Crippen molar-refractivity contribution in [2.75, 3.05) is 11.5 Å². The van der Waals surface area contributed by atoms with Gasteiger partial charge >= 0.3 is 0 Å². The van der Waals surface area contributed by atoms with Crippen molar-refractivity contribution in [3.05, 3.63) is 29.8 Å². The van der Waals surface area contributed by atoms with Gasteiger partial charge in [-0.2, -0.15) is 11.8 Å². The van der Waals surface area contributed by atoms with E-state index in [9.17, 15) is 5.11 Å². The van der Waals surface area contributed by atoms with Gasteiger partial charge in [0, 0.05) is 11.5 Å². The smallest absolute Gasteiger partial charge is 0.119 e. The molecule has 0 aromatic heterocycles. The average molecular weight is 210 g/mol. The second kappa shape index (κ2) is 4.24. The lowest BCUT2D eigenvalue weighted by Crippen LogP contribution is -2.30. The zero-order valence-electron chi connectivity index (χ0n) is 8.14. The summed E-state index contributed by atoms with van der Waals surface area (Å²) >= 11 is 1.91. The highest BCUT2D eigenvalue weighted by atomic mass is 32.2. The summed E-state index contributed by atoms with van der Waals surface area (Å²) < 4.78 is 5.68. The molecule has 1 saturated heterocycles. The van der Waals surface area contributed by atoms with E-state index >= 15 is 0 Å². The van der Waals surface area contributed by atoms with Crippen LogP contribution in [-0.4, -0.2) is 22.7 Å². The standard InChI is InChI=1S/C11H14O2S/c1-8(12)9-2-4-10(5-3-9)13-11-6-14-7-11/h2-5,8,11-12H,6-7H2,1H3. The highest BCUT2D eigenvalue weighted by Crippen LogP contribution is 2.24. The van der Waals surface area contributed by atoms with Crippen LogP contribution in [0.4, 0.5) is 0 Å². The third-order valence-corrected chi connectivity index (χ3v) is 3.49. The van der Waals surface area contributed by atoms with Gasteiger partial charge in [-0.15, -0.1) is 0 Å². The molecule has 0 aliphatic carbocycles. The molecular weight excluding hydrogens is 196 g/mol. The molecule has 0 bridgehead atoms. The zero-order valence-corrected chi connectivity index (χ0v) is 8.96. The van der Waals surface area contributed by atoms with Crippen molar-refractivity contribution in [1.29, 1.82) is 0 Å². The van der Waals surface area contributed by atoms with E-state index in [2.05, 4.69) is 0 Å². The molecule has 0 saturated carbocycles. The Balaban J connectivity index is 1.98. The first-order valence-corrected chi connectivity index (χ1v) is 5.93. The fourth-order valence-corrected chi connectivity index (χ4v) is 1.86. The summed E-state index contributed by atoms with van der Waals surface area (Å²) in [6, 6.07) is 7.66. The van der Waals surface area contributed by atoms with Crippen molar-refractivity contribution in [1.82, 2.24) is 0 Å². The van der Waals surface area contributed by atoms with Crippen LogP contribution in [-0.2, 0) is 0 Å². The Labute approximate surface area is 88.3 Å². The highest BCUT2D eigenvalue weighted by Gasteiger charge is 2.19. The second-order valence-corrected chi connectivity index (χ2v) is 4.60. The minimum atomic E-state index is -0.400. The molecule has 14 heavy (non-hydrogen) atoms. The van der Waals surface area contributed by atoms with Gasteiger partial charge in [-0.25, -0.2) is 0 Å². The normalized spacial score (nSPS) is 18.7. The van der Waals surface area contributed by atoms with Crippen molar-refractivity contribution >= 4 is 11.8 Å². The summed E-state index contributed by atoms with van der Waals surface area (Å²) in [7, 11) is 0. The fraction of sp³-hybridized carbons (Fsp3) is 0.455. The Hall–Kier alpha value is -0.670. The minimum absolute atomic E-state index is 0.386. The van der Waals surface area contributed by atoms with E-state index < -0.39 is 6.10 Å². The Morgan fingerprint density at radius 2 is 2.00 bits per heavy atom. The SMILES string of the molecule is CC(O)c1ccc(OC2CSC2)cc1. The van der Waals surface area contributed by atoms with Gasteiger partial charge in [0.15, 0.2) is 0 Å². The molecule has 2 rings (SSSR count). The van der Waals surface area contributed by atoms with Crippen LogP contribution in [0.3, 0.4) is 0 Å². The van der Waals surface area contributed by atoms with Crippen LogP contribution in [0.15, 0.2) is 24.3 Å². The quantitative estimate of drug-likeness (QED) is 0.829. The largest absolute Gasteiger partial charge is 0.489 e. The number of ether oxygens (including phenoxy) is 1. The molecule has 1 unspecified atom stereocenters. The van der Waals surface area contributed by atoms with E-state index in [1.54, 1.807) is 6.92 Å². The van der Waals surface area contributed by atoms with Crippen molar-refractivity contribution in [3.63, 3.8) is 0 Å². The van der Waals surface area contributed by atoms with Gasteiger partial charge in [0.05, 0.1) is 6.10 Å². The Kier molecular flexibility index (Phi) is 2.99. The summed E-state index contributed by atoms with van der Waals surface area (Å²) in [5, 5.41) is 9.31. The minimum Gasteiger partial charge on any atom is -0.489 e. The third kappa shape index (κ3) is 2.22. The summed E-state index contributed by atoms with van der Waals surface area (Å²) in [5.41, 5.74) is 0.931. The molecule has 2 nitrogen and oxygen atoms in total. The summed E-state index contributed by atoms with van der Waals surface area (Å²) in [4.78, 5) is 0. The number of rotatable bonds is 3. The molecule has 1 heterocycles. The fourth-order valence-electron chi connectivity index (χ4n) is 1.30. The molecular formula is C11H14O2S. The average Bonchev–Trinajstić information content (AvgIpc) is 2.12. The Bertz CT molecular complexity index is 291. The van der Waals surface area contributed by atoms with E-state index in [-0.39, 0.29) is 0 Å². The van der Waals surface area contributed by atoms with E-state index in [1.165, 1.54) is 0 Å². The maximum Gasteiger partial charge on any atom is 0.119 e. The molecule has 1 N–H and O–H groups in total. The van der Waals surface area contributed by atoms with Gasteiger partial charge in [0.1, 0.15) is 11.9 Å². The lowest BCUT2D eigenvalue weighted by atomic mass is 10.1. The van der Waals surface area contributed by atoms with Gasteiger partial charge in [0.25, 0.3) is 0 Å². The van der Waals surface area contributed by atoms with Gasteiger partial charge in [-0.05, 0) is 24.6 Å². The van der Waals surface area contributed by atoms with E-state index in [0.717, 1.165) is 22.8 Å². The van der Waals surface area contributed by atoms with Crippen LogP contribution in [0.1, 0.15) is 18.6 Å². The molecule has 1 aromatic carbocycles. The lowest BCUT2D eigenvalue weighted by molar-refractivity contribution is 0.199. The van der Waals surface area contributed by atoms with Crippen molar-refractivity contribution in [2.45, 2.75) is 19.1 Å². The number of hydrogen-bond acceptors (Lipinski definition) is 3. The molecule has 1 aromatic rings. The molecule has 1 atom stereocenters. The summed E-state index contributed by atoms with van der Waals surface area (Å²) in [5.74, 6) is 3.09. The predicted octanol–water partition coefficient (Wildman–Crippen LogP) is 2.23. The van der Waals surface area contributed by atoms with Gasteiger partial charge < -0.3 is 9.84 Å². The Morgan fingerprint density at radius 3 is 2.43 bits per heavy atom. The molecule has 0 amide bonds. The second-order valence-electron chi connectivity index (χ2n) is 3.52. The zero-order chi connectivity index (χ0) is 9.97. The maximum atomic E-state index is 9.31. The maximum absolute atomic E-state index is 9.31. The Morgan fingerprint density at radius 1 is 1.36 bits per heavy atom. The molecule has 0 spiro atoms. The van der Waals surface area contributed by atoms with E-state index in [0.29, 0.717) is 6.10 Å². The van der Waals surface area contributed by atoms with E-state index in [4.69, 9.17) is 4.74 Å². The molecule has 1 aliphatic rings. The molecule has 76 valence electrons. The topological polar surface area (TPSA) is 29.5 Å².